The lowest BCUT2D eigenvalue weighted by molar-refractivity contribution is 0.0600. The van der Waals surface area contributed by atoms with Crippen LogP contribution in [-0.4, -0.2) is 29.1 Å². The number of amides is 1. The van der Waals surface area contributed by atoms with Crippen molar-refractivity contribution in [1.82, 2.24) is 10.3 Å². The summed E-state index contributed by atoms with van der Waals surface area (Å²) in [5.74, 6) is -0.417. The minimum atomic E-state index is -0.510. The smallest absolute Gasteiger partial charge is 0.337 e. The minimum Gasteiger partial charge on any atom is -0.465 e. The number of carbonyl (C=O) groups excluding carboxylic acids is 2. The van der Waals surface area contributed by atoms with E-state index in [1.165, 1.54) is 13.2 Å². The number of anilines is 1. The van der Waals surface area contributed by atoms with Crippen molar-refractivity contribution in [3.63, 3.8) is 0 Å². The Morgan fingerprint density at radius 1 is 1.14 bits per heavy atom. The van der Waals surface area contributed by atoms with Crippen LogP contribution < -0.4 is 10.6 Å². The molecule has 0 saturated carbocycles. The highest BCUT2D eigenvalue weighted by Gasteiger charge is 2.12. The van der Waals surface area contributed by atoms with E-state index in [1.54, 1.807) is 42.6 Å². The molecule has 22 heavy (non-hydrogen) atoms. The van der Waals surface area contributed by atoms with Gasteiger partial charge in [-0.2, -0.15) is 0 Å². The minimum absolute atomic E-state index is 0.118. The predicted molar refractivity (Wildman–Crippen MR) is 85.7 cm³/mol. The first-order valence-corrected chi connectivity index (χ1v) is 6.72. The first-order chi connectivity index (χ1) is 10.6. The number of hydrogen-bond acceptors (Lipinski definition) is 5. The predicted octanol–water partition coefficient (Wildman–Crippen LogP) is 1.99. The van der Waals surface area contributed by atoms with Gasteiger partial charge in [0.2, 0.25) is 0 Å². The van der Waals surface area contributed by atoms with Crippen LogP contribution in [0.2, 0.25) is 0 Å². The number of nitrogens with zero attached hydrogens (tertiary/aromatic N) is 1. The van der Waals surface area contributed by atoms with Gasteiger partial charge in [-0.15, -0.1) is 0 Å². The molecule has 2 aromatic rings. The molecule has 2 N–H and O–H groups in total. The highest BCUT2D eigenvalue weighted by atomic mass is 32.1. The van der Waals surface area contributed by atoms with Crippen molar-refractivity contribution >= 4 is 35.0 Å². The highest BCUT2D eigenvalue weighted by Crippen LogP contribution is 2.07. The third-order valence-electron chi connectivity index (χ3n) is 2.68. The van der Waals surface area contributed by atoms with Crippen LogP contribution in [0.1, 0.15) is 20.7 Å². The molecular formula is C15H13N3O3S. The van der Waals surface area contributed by atoms with Gasteiger partial charge in [0.1, 0.15) is 5.82 Å². The summed E-state index contributed by atoms with van der Waals surface area (Å²) >= 11 is 5.04. The topological polar surface area (TPSA) is 80.3 Å². The molecule has 2 rings (SSSR count). The van der Waals surface area contributed by atoms with Crippen LogP contribution in [0, 0.1) is 0 Å². The van der Waals surface area contributed by atoms with Gasteiger partial charge in [-0.05, 0) is 42.5 Å². The van der Waals surface area contributed by atoms with Gasteiger partial charge in [-0.1, -0.05) is 12.1 Å². The fourth-order valence-electron chi connectivity index (χ4n) is 1.66. The molecule has 0 radical (unpaired) electrons. The molecule has 0 bridgehead atoms. The maximum absolute atomic E-state index is 12.1. The van der Waals surface area contributed by atoms with E-state index in [0.717, 1.165) is 0 Å². The Hall–Kier alpha value is -2.80. The number of methoxy groups -OCH3 is 1. The first-order valence-electron chi connectivity index (χ1n) is 6.32. The lowest BCUT2D eigenvalue weighted by Gasteiger charge is -2.09. The Labute approximate surface area is 132 Å². The summed E-state index contributed by atoms with van der Waals surface area (Å²) in [4.78, 5) is 27.6. The number of thiocarbonyl (C=S) groups is 1. The molecule has 1 amide bonds. The molecule has 1 aromatic carbocycles. The van der Waals surface area contributed by atoms with E-state index in [0.29, 0.717) is 16.9 Å². The molecule has 0 atom stereocenters. The number of hydrogen-bond donors (Lipinski definition) is 2. The van der Waals surface area contributed by atoms with Crippen molar-refractivity contribution in [3.8, 4) is 0 Å². The number of benzene rings is 1. The van der Waals surface area contributed by atoms with Crippen molar-refractivity contribution in [2.45, 2.75) is 0 Å². The van der Waals surface area contributed by atoms with Crippen molar-refractivity contribution in [2.75, 3.05) is 12.4 Å². The van der Waals surface area contributed by atoms with Gasteiger partial charge >= 0.3 is 5.97 Å². The van der Waals surface area contributed by atoms with Crippen LogP contribution in [-0.2, 0) is 4.74 Å². The standard InChI is InChI=1S/C15H13N3O3S/c1-21-14(20)11-6-4-5-10(9-11)13(19)18-15(22)17-12-7-2-3-8-16-12/h2-9H,1H3,(H2,16,17,18,19,22). The van der Waals surface area contributed by atoms with Crippen LogP contribution in [0.3, 0.4) is 0 Å². The monoisotopic (exact) mass is 315 g/mol. The zero-order valence-electron chi connectivity index (χ0n) is 11.7. The largest absolute Gasteiger partial charge is 0.465 e. The second-order valence-corrected chi connectivity index (χ2v) is 4.60. The maximum atomic E-state index is 12.1. The summed E-state index contributed by atoms with van der Waals surface area (Å²) in [7, 11) is 1.28. The molecule has 1 heterocycles. The van der Waals surface area contributed by atoms with Crippen LogP contribution >= 0.6 is 12.2 Å². The lowest BCUT2D eigenvalue weighted by atomic mass is 10.1. The van der Waals surface area contributed by atoms with Crippen LogP contribution in [0.15, 0.2) is 48.7 Å². The van der Waals surface area contributed by atoms with Crippen molar-refractivity contribution < 1.29 is 14.3 Å². The summed E-state index contributed by atoms with van der Waals surface area (Å²) in [5, 5.41) is 5.42. The van der Waals surface area contributed by atoms with Crippen molar-refractivity contribution in [2.24, 2.45) is 0 Å². The van der Waals surface area contributed by atoms with Gasteiger partial charge < -0.3 is 10.1 Å². The van der Waals surface area contributed by atoms with Crippen LogP contribution in [0.4, 0.5) is 5.82 Å². The molecule has 0 fully saturated rings. The van der Waals surface area contributed by atoms with E-state index in [-0.39, 0.29) is 5.11 Å². The Kier molecular flexibility index (Phi) is 5.16. The molecule has 112 valence electrons. The third kappa shape index (κ3) is 4.10. The number of pyridine rings is 1. The molecule has 0 aliphatic rings. The number of nitrogens with one attached hydrogen (secondary N) is 2. The molecule has 0 aliphatic carbocycles. The highest BCUT2D eigenvalue weighted by molar-refractivity contribution is 7.80. The van der Waals surface area contributed by atoms with E-state index in [1.807, 2.05) is 0 Å². The fourth-order valence-corrected chi connectivity index (χ4v) is 1.86. The van der Waals surface area contributed by atoms with Crippen LogP contribution in [0.5, 0.6) is 0 Å². The average molecular weight is 315 g/mol. The van der Waals surface area contributed by atoms with Gasteiger partial charge in [-0.3, -0.25) is 10.1 Å². The third-order valence-corrected chi connectivity index (χ3v) is 2.88. The second kappa shape index (κ2) is 7.28. The van der Waals surface area contributed by atoms with E-state index < -0.39 is 11.9 Å². The first kappa shape index (κ1) is 15.6. The summed E-state index contributed by atoms with van der Waals surface area (Å²) in [6.07, 6.45) is 1.60. The van der Waals surface area contributed by atoms with Gasteiger partial charge in [0.15, 0.2) is 5.11 Å². The Balaban J connectivity index is 2.03. The normalized spacial score (nSPS) is 9.68. The van der Waals surface area contributed by atoms with Gasteiger partial charge in [0, 0.05) is 11.8 Å². The summed E-state index contributed by atoms with van der Waals surface area (Å²) < 4.78 is 4.61. The molecule has 0 aliphatic heterocycles. The molecule has 7 heteroatoms. The molecule has 0 unspecified atom stereocenters. The van der Waals surface area contributed by atoms with E-state index in [2.05, 4.69) is 20.4 Å². The zero-order chi connectivity index (χ0) is 15.9. The Morgan fingerprint density at radius 2 is 1.91 bits per heavy atom. The molecule has 1 aromatic heterocycles. The maximum Gasteiger partial charge on any atom is 0.337 e. The van der Waals surface area contributed by atoms with Crippen molar-refractivity contribution in [3.05, 3.63) is 59.8 Å². The van der Waals surface area contributed by atoms with E-state index in [4.69, 9.17) is 12.2 Å². The summed E-state index contributed by atoms with van der Waals surface area (Å²) in [6, 6.07) is 11.4. The molecule has 0 spiro atoms. The number of ether oxygens (including phenoxy) is 1. The average Bonchev–Trinajstić information content (AvgIpc) is 2.55. The molecule has 6 nitrogen and oxygen atoms in total. The van der Waals surface area contributed by atoms with E-state index >= 15 is 0 Å². The molecular weight excluding hydrogens is 302 g/mol. The fraction of sp³-hybridized carbons (Fsp3) is 0.0667. The zero-order valence-corrected chi connectivity index (χ0v) is 12.5. The van der Waals surface area contributed by atoms with Gasteiger partial charge in [-0.25, -0.2) is 9.78 Å². The summed E-state index contributed by atoms with van der Waals surface area (Å²) in [6.45, 7) is 0. The van der Waals surface area contributed by atoms with Gasteiger partial charge in [0.05, 0.1) is 12.7 Å². The SMILES string of the molecule is COC(=O)c1cccc(C(=O)NC(=S)Nc2ccccn2)c1. The molecule has 0 saturated heterocycles. The number of rotatable bonds is 3. The number of carbonyl (C=O) groups is 2. The number of esters is 1. The van der Waals surface area contributed by atoms with Crippen LogP contribution in [0.25, 0.3) is 0 Å². The van der Waals surface area contributed by atoms with Crippen molar-refractivity contribution in [1.29, 1.82) is 0 Å². The Bertz CT molecular complexity index is 704. The van der Waals surface area contributed by atoms with E-state index in [9.17, 15) is 9.59 Å². The van der Waals surface area contributed by atoms with Gasteiger partial charge in [0.25, 0.3) is 5.91 Å². The Morgan fingerprint density at radius 3 is 2.59 bits per heavy atom. The summed E-state index contributed by atoms with van der Waals surface area (Å²) in [5.41, 5.74) is 0.590. The lowest BCUT2D eigenvalue weighted by Crippen LogP contribution is -2.34. The number of aromatic nitrogens is 1. The quantitative estimate of drug-likeness (QED) is 0.666. The second-order valence-electron chi connectivity index (χ2n) is 4.20.